The van der Waals surface area contributed by atoms with E-state index in [0.717, 1.165) is 19.6 Å². The van der Waals surface area contributed by atoms with Crippen molar-refractivity contribution >= 4 is 5.91 Å². The van der Waals surface area contributed by atoms with Crippen LogP contribution in [-0.4, -0.2) is 73.5 Å². The molecule has 0 aromatic carbocycles. The molecule has 96 valence electrons. The maximum Gasteiger partial charge on any atom is 0.241 e. The SMILES string of the molecule is CC1CN(CCN(C)C)C(=O)C(CC#N)N1C. The van der Waals surface area contributed by atoms with Crippen LogP contribution >= 0.6 is 0 Å². The number of nitriles is 1. The van der Waals surface area contributed by atoms with Gasteiger partial charge < -0.3 is 9.80 Å². The van der Waals surface area contributed by atoms with Crippen LogP contribution in [0.5, 0.6) is 0 Å². The number of likely N-dealkylation sites (N-methyl/N-ethyl adjacent to an activating group) is 2. The van der Waals surface area contributed by atoms with Crippen LogP contribution in [-0.2, 0) is 4.79 Å². The minimum Gasteiger partial charge on any atom is -0.338 e. The van der Waals surface area contributed by atoms with Crippen molar-refractivity contribution in [3.63, 3.8) is 0 Å². The molecule has 2 atom stereocenters. The molecule has 5 nitrogen and oxygen atoms in total. The van der Waals surface area contributed by atoms with Gasteiger partial charge in [-0.2, -0.15) is 5.26 Å². The van der Waals surface area contributed by atoms with Gasteiger partial charge in [0.05, 0.1) is 12.5 Å². The van der Waals surface area contributed by atoms with Crippen molar-refractivity contribution in [1.29, 1.82) is 5.26 Å². The second-order valence-corrected chi connectivity index (χ2v) is 4.98. The quantitative estimate of drug-likeness (QED) is 0.691. The minimum absolute atomic E-state index is 0.0917. The number of rotatable bonds is 4. The summed E-state index contributed by atoms with van der Waals surface area (Å²) in [5.74, 6) is 0.0917. The molecule has 1 saturated heterocycles. The Bertz CT molecular complexity index is 310. The monoisotopic (exact) mass is 238 g/mol. The molecular weight excluding hydrogens is 216 g/mol. The summed E-state index contributed by atoms with van der Waals surface area (Å²) in [6, 6.07) is 2.15. The van der Waals surface area contributed by atoms with Gasteiger partial charge in [-0.15, -0.1) is 0 Å². The van der Waals surface area contributed by atoms with E-state index in [-0.39, 0.29) is 18.4 Å². The second-order valence-electron chi connectivity index (χ2n) is 4.98. The number of amides is 1. The zero-order valence-corrected chi connectivity index (χ0v) is 11.2. The van der Waals surface area contributed by atoms with Crippen molar-refractivity contribution in [2.45, 2.75) is 25.4 Å². The van der Waals surface area contributed by atoms with E-state index in [1.165, 1.54) is 0 Å². The van der Waals surface area contributed by atoms with Gasteiger partial charge in [0.25, 0.3) is 0 Å². The molecule has 17 heavy (non-hydrogen) atoms. The van der Waals surface area contributed by atoms with Gasteiger partial charge in [0.1, 0.15) is 6.04 Å². The molecule has 0 aromatic rings. The average molecular weight is 238 g/mol. The van der Waals surface area contributed by atoms with Crippen LogP contribution < -0.4 is 0 Å². The lowest BCUT2D eigenvalue weighted by atomic mass is 10.0. The van der Waals surface area contributed by atoms with Gasteiger partial charge in [0.15, 0.2) is 0 Å². The predicted molar refractivity (Wildman–Crippen MR) is 66.4 cm³/mol. The van der Waals surface area contributed by atoms with Crippen LogP contribution in [0.1, 0.15) is 13.3 Å². The van der Waals surface area contributed by atoms with Crippen molar-refractivity contribution in [1.82, 2.24) is 14.7 Å². The molecule has 0 aliphatic carbocycles. The summed E-state index contributed by atoms with van der Waals surface area (Å²) in [6.07, 6.45) is 0.276. The summed E-state index contributed by atoms with van der Waals surface area (Å²) in [7, 11) is 5.92. The highest BCUT2D eigenvalue weighted by molar-refractivity contribution is 5.83. The molecule has 1 heterocycles. The molecule has 5 heteroatoms. The van der Waals surface area contributed by atoms with Crippen LogP contribution in [0.15, 0.2) is 0 Å². The summed E-state index contributed by atoms with van der Waals surface area (Å²) in [5, 5.41) is 8.79. The van der Waals surface area contributed by atoms with Crippen LogP contribution in [0.2, 0.25) is 0 Å². The smallest absolute Gasteiger partial charge is 0.241 e. The zero-order chi connectivity index (χ0) is 13.0. The number of hydrogen-bond donors (Lipinski definition) is 0. The summed E-state index contributed by atoms with van der Waals surface area (Å²) in [6.45, 7) is 4.46. The van der Waals surface area contributed by atoms with E-state index in [1.807, 2.05) is 30.9 Å². The Kier molecular flexibility index (Phi) is 4.91. The summed E-state index contributed by atoms with van der Waals surface area (Å²) in [4.78, 5) is 18.2. The Labute approximate surface area is 104 Å². The Balaban J connectivity index is 2.67. The largest absolute Gasteiger partial charge is 0.338 e. The van der Waals surface area contributed by atoms with Gasteiger partial charge in [0, 0.05) is 25.7 Å². The van der Waals surface area contributed by atoms with Gasteiger partial charge in [-0.25, -0.2) is 0 Å². The molecule has 1 aliphatic rings. The minimum atomic E-state index is -0.272. The van der Waals surface area contributed by atoms with Crippen LogP contribution in [0.25, 0.3) is 0 Å². The lowest BCUT2D eigenvalue weighted by Gasteiger charge is -2.42. The fraction of sp³-hybridized carbons (Fsp3) is 0.833. The molecule has 1 rings (SSSR count). The van der Waals surface area contributed by atoms with Gasteiger partial charge in [-0.3, -0.25) is 9.69 Å². The van der Waals surface area contributed by atoms with Crippen LogP contribution in [0.3, 0.4) is 0 Å². The van der Waals surface area contributed by atoms with E-state index in [1.54, 1.807) is 0 Å². The molecule has 0 spiro atoms. The van der Waals surface area contributed by atoms with Crippen molar-refractivity contribution in [3.05, 3.63) is 0 Å². The first-order chi connectivity index (χ1) is 7.97. The maximum atomic E-state index is 12.2. The van der Waals surface area contributed by atoms with Crippen molar-refractivity contribution in [2.75, 3.05) is 40.8 Å². The van der Waals surface area contributed by atoms with Gasteiger partial charge in [0.2, 0.25) is 5.91 Å². The third-order valence-electron chi connectivity index (χ3n) is 3.37. The molecule has 0 saturated carbocycles. The Morgan fingerprint density at radius 3 is 2.71 bits per heavy atom. The normalized spacial score (nSPS) is 26.4. The van der Waals surface area contributed by atoms with Gasteiger partial charge >= 0.3 is 0 Å². The Morgan fingerprint density at radius 2 is 2.18 bits per heavy atom. The fourth-order valence-corrected chi connectivity index (χ4v) is 2.07. The fourth-order valence-electron chi connectivity index (χ4n) is 2.07. The highest BCUT2D eigenvalue weighted by Gasteiger charge is 2.36. The van der Waals surface area contributed by atoms with Crippen LogP contribution in [0.4, 0.5) is 0 Å². The topological polar surface area (TPSA) is 50.6 Å². The van der Waals surface area contributed by atoms with Gasteiger partial charge in [-0.1, -0.05) is 0 Å². The van der Waals surface area contributed by atoms with E-state index in [9.17, 15) is 4.79 Å². The standard InChI is InChI=1S/C12H22N4O/c1-10-9-16(8-7-14(2)3)12(17)11(5-6-13)15(10)4/h10-11H,5,7-9H2,1-4H3. The summed E-state index contributed by atoms with van der Waals surface area (Å²) >= 11 is 0. The molecule has 0 radical (unpaired) electrons. The number of carbonyl (C=O) groups excluding carboxylic acids is 1. The highest BCUT2D eigenvalue weighted by Crippen LogP contribution is 2.17. The van der Waals surface area contributed by atoms with Crippen molar-refractivity contribution < 1.29 is 4.79 Å². The number of piperazine rings is 1. The first kappa shape index (κ1) is 13.9. The Hall–Kier alpha value is -1.12. The van der Waals surface area contributed by atoms with E-state index in [2.05, 4.69) is 17.9 Å². The number of nitrogens with zero attached hydrogens (tertiary/aromatic N) is 4. The third kappa shape index (κ3) is 3.42. The number of carbonyl (C=O) groups is 1. The molecule has 1 aliphatic heterocycles. The summed E-state index contributed by atoms with van der Waals surface area (Å²) in [5.41, 5.74) is 0. The predicted octanol–water partition coefficient (Wildman–Crippen LogP) is -0.00722. The van der Waals surface area contributed by atoms with E-state index in [4.69, 9.17) is 5.26 Å². The molecule has 2 unspecified atom stereocenters. The van der Waals surface area contributed by atoms with E-state index < -0.39 is 0 Å². The van der Waals surface area contributed by atoms with Crippen molar-refractivity contribution in [2.24, 2.45) is 0 Å². The molecule has 1 fully saturated rings. The van der Waals surface area contributed by atoms with Crippen molar-refractivity contribution in [3.8, 4) is 6.07 Å². The third-order valence-corrected chi connectivity index (χ3v) is 3.37. The number of hydrogen-bond acceptors (Lipinski definition) is 4. The van der Waals surface area contributed by atoms with Gasteiger partial charge in [-0.05, 0) is 28.1 Å². The molecule has 0 bridgehead atoms. The molecule has 0 N–H and O–H groups in total. The molecule has 1 amide bonds. The Morgan fingerprint density at radius 1 is 1.53 bits per heavy atom. The van der Waals surface area contributed by atoms with E-state index in [0.29, 0.717) is 6.04 Å². The maximum absolute atomic E-state index is 12.2. The highest BCUT2D eigenvalue weighted by atomic mass is 16.2. The lowest BCUT2D eigenvalue weighted by Crippen LogP contribution is -2.60. The molecular formula is C12H22N4O. The first-order valence-electron chi connectivity index (χ1n) is 5.99. The van der Waals surface area contributed by atoms with Crippen LogP contribution in [0, 0.1) is 11.3 Å². The zero-order valence-electron chi connectivity index (χ0n) is 11.2. The summed E-state index contributed by atoms with van der Waals surface area (Å²) < 4.78 is 0. The molecule has 0 aromatic heterocycles. The van der Waals surface area contributed by atoms with E-state index >= 15 is 0 Å². The lowest BCUT2D eigenvalue weighted by molar-refractivity contribution is -0.143. The first-order valence-corrected chi connectivity index (χ1v) is 5.99. The average Bonchev–Trinajstić information content (AvgIpc) is 2.27. The second kappa shape index (κ2) is 5.99.